The van der Waals surface area contributed by atoms with Crippen LogP contribution in [0.15, 0.2) is 23.8 Å². The third-order valence-electron chi connectivity index (χ3n) is 3.61. The molecule has 2 aromatic heterocycles. The zero-order chi connectivity index (χ0) is 13.1. The molecule has 0 aromatic carbocycles. The first-order chi connectivity index (χ1) is 9.33. The van der Waals surface area contributed by atoms with Gasteiger partial charge in [0, 0.05) is 29.5 Å². The van der Waals surface area contributed by atoms with Gasteiger partial charge >= 0.3 is 0 Å². The van der Waals surface area contributed by atoms with Gasteiger partial charge in [0.1, 0.15) is 0 Å². The Morgan fingerprint density at radius 3 is 3.37 bits per heavy atom. The highest BCUT2D eigenvalue weighted by Crippen LogP contribution is 2.22. The molecule has 0 fully saturated rings. The van der Waals surface area contributed by atoms with Crippen molar-refractivity contribution < 1.29 is 4.79 Å². The molecule has 0 saturated carbocycles. The van der Waals surface area contributed by atoms with E-state index in [1.54, 1.807) is 17.7 Å². The minimum atomic E-state index is 0.0938. The highest BCUT2D eigenvalue weighted by molar-refractivity contribution is 7.09. The number of imidazole rings is 1. The molecule has 0 unspecified atom stereocenters. The maximum absolute atomic E-state index is 12.1. The van der Waals surface area contributed by atoms with Gasteiger partial charge in [-0.25, -0.2) is 4.98 Å². The van der Waals surface area contributed by atoms with Crippen LogP contribution in [0.25, 0.3) is 0 Å². The summed E-state index contributed by atoms with van der Waals surface area (Å²) in [7, 11) is 0. The van der Waals surface area contributed by atoms with Gasteiger partial charge in [0.05, 0.1) is 12.0 Å². The maximum atomic E-state index is 12.1. The molecule has 0 aliphatic heterocycles. The zero-order valence-corrected chi connectivity index (χ0v) is 11.5. The molecule has 1 aliphatic carbocycles. The smallest absolute Gasteiger partial charge is 0.223 e. The van der Waals surface area contributed by atoms with Gasteiger partial charge < -0.3 is 10.3 Å². The van der Waals surface area contributed by atoms with Crippen molar-refractivity contribution in [3.63, 3.8) is 0 Å². The molecule has 1 amide bonds. The fourth-order valence-corrected chi connectivity index (χ4v) is 3.24. The van der Waals surface area contributed by atoms with Crippen LogP contribution < -0.4 is 5.32 Å². The lowest BCUT2D eigenvalue weighted by Crippen LogP contribution is -2.35. The second-order valence-corrected chi connectivity index (χ2v) is 5.92. The number of thiophene rings is 1. The van der Waals surface area contributed by atoms with Crippen molar-refractivity contribution in [3.05, 3.63) is 40.1 Å². The van der Waals surface area contributed by atoms with E-state index in [1.807, 2.05) is 6.07 Å². The summed E-state index contributed by atoms with van der Waals surface area (Å²) in [5.41, 5.74) is 2.26. The SMILES string of the molecule is O=C(NCCc1cccs1)[C@H]1CCc2nc[nH]c2C1. The van der Waals surface area contributed by atoms with Crippen LogP contribution in [0.1, 0.15) is 22.7 Å². The van der Waals surface area contributed by atoms with Crippen LogP contribution in [0.2, 0.25) is 0 Å². The van der Waals surface area contributed by atoms with Crippen LogP contribution in [0, 0.1) is 5.92 Å². The highest BCUT2D eigenvalue weighted by Gasteiger charge is 2.25. The largest absolute Gasteiger partial charge is 0.355 e. The van der Waals surface area contributed by atoms with Crippen molar-refractivity contribution >= 4 is 17.2 Å². The molecule has 5 heteroatoms. The Morgan fingerprint density at radius 2 is 2.53 bits per heavy atom. The van der Waals surface area contributed by atoms with Crippen molar-refractivity contribution in [1.29, 1.82) is 0 Å². The van der Waals surface area contributed by atoms with Crippen LogP contribution in [-0.4, -0.2) is 22.4 Å². The molecule has 0 radical (unpaired) electrons. The number of hydrogen-bond acceptors (Lipinski definition) is 3. The lowest BCUT2D eigenvalue weighted by atomic mass is 9.89. The predicted octanol–water partition coefficient (Wildman–Crippen LogP) is 1.93. The van der Waals surface area contributed by atoms with Gasteiger partial charge in [-0.05, 0) is 30.7 Å². The molecule has 2 heterocycles. The van der Waals surface area contributed by atoms with Crippen LogP contribution in [0.3, 0.4) is 0 Å². The molecule has 0 saturated heterocycles. The van der Waals surface area contributed by atoms with E-state index in [4.69, 9.17) is 0 Å². The van der Waals surface area contributed by atoms with E-state index in [2.05, 4.69) is 26.7 Å². The Bertz CT molecular complexity index is 547. The standard InChI is InChI=1S/C14H17N3OS/c18-14(15-6-5-11-2-1-7-19-11)10-3-4-12-13(8-10)17-9-16-12/h1-2,7,9-10H,3-6,8H2,(H,15,18)(H,16,17)/t10-/m0/s1. The number of aromatic amines is 1. The van der Waals surface area contributed by atoms with Crippen molar-refractivity contribution in [3.8, 4) is 0 Å². The minimum absolute atomic E-state index is 0.0938. The molecule has 3 rings (SSSR count). The van der Waals surface area contributed by atoms with Gasteiger partial charge in [0.15, 0.2) is 0 Å². The number of nitrogens with one attached hydrogen (secondary N) is 2. The molecule has 2 aromatic rings. The summed E-state index contributed by atoms with van der Waals surface area (Å²) in [6, 6.07) is 4.15. The number of amides is 1. The fraction of sp³-hybridized carbons (Fsp3) is 0.429. The lowest BCUT2D eigenvalue weighted by molar-refractivity contribution is -0.125. The van der Waals surface area contributed by atoms with Crippen molar-refractivity contribution in [2.24, 2.45) is 5.92 Å². The number of fused-ring (bicyclic) bond motifs is 1. The van der Waals surface area contributed by atoms with E-state index in [-0.39, 0.29) is 11.8 Å². The summed E-state index contributed by atoms with van der Waals surface area (Å²) in [5, 5.41) is 5.11. The minimum Gasteiger partial charge on any atom is -0.355 e. The highest BCUT2D eigenvalue weighted by atomic mass is 32.1. The normalized spacial score (nSPS) is 18.0. The van der Waals surface area contributed by atoms with Crippen molar-refractivity contribution in [2.75, 3.05) is 6.54 Å². The van der Waals surface area contributed by atoms with Gasteiger partial charge in [-0.2, -0.15) is 0 Å². The summed E-state index contributed by atoms with van der Waals surface area (Å²) >= 11 is 1.74. The van der Waals surface area contributed by atoms with E-state index < -0.39 is 0 Å². The van der Waals surface area contributed by atoms with E-state index in [0.29, 0.717) is 0 Å². The van der Waals surface area contributed by atoms with Crippen molar-refractivity contribution in [1.82, 2.24) is 15.3 Å². The number of carbonyl (C=O) groups excluding carboxylic acids is 1. The number of aromatic nitrogens is 2. The second kappa shape index (κ2) is 5.57. The van der Waals surface area contributed by atoms with Gasteiger partial charge in [-0.15, -0.1) is 11.3 Å². The average molecular weight is 275 g/mol. The Kier molecular flexibility index (Phi) is 3.64. The monoisotopic (exact) mass is 275 g/mol. The number of H-pyrrole nitrogens is 1. The molecular formula is C14H17N3OS. The Hall–Kier alpha value is -1.62. The Labute approximate surface area is 116 Å². The van der Waals surface area contributed by atoms with E-state index >= 15 is 0 Å². The predicted molar refractivity (Wildman–Crippen MR) is 75.1 cm³/mol. The molecule has 1 aliphatic rings. The van der Waals surface area contributed by atoms with E-state index in [0.717, 1.165) is 43.6 Å². The number of aryl methyl sites for hydroxylation is 1. The zero-order valence-electron chi connectivity index (χ0n) is 10.7. The van der Waals surface area contributed by atoms with Crippen LogP contribution in [0.5, 0.6) is 0 Å². The number of carbonyl (C=O) groups is 1. The first kappa shape index (κ1) is 12.4. The third kappa shape index (κ3) is 2.87. The van der Waals surface area contributed by atoms with Crippen molar-refractivity contribution in [2.45, 2.75) is 25.7 Å². The first-order valence-corrected chi connectivity index (χ1v) is 7.52. The summed E-state index contributed by atoms with van der Waals surface area (Å²) < 4.78 is 0. The van der Waals surface area contributed by atoms with Crippen LogP contribution in [0.4, 0.5) is 0 Å². The Morgan fingerprint density at radius 1 is 1.58 bits per heavy atom. The van der Waals surface area contributed by atoms with E-state index in [1.165, 1.54) is 4.88 Å². The molecule has 4 nitrogen and oxygen atoms in total. The molecular weight excluding hydrogens is 258 g/mol. The summed E-state index contributed by atoms with van der Waals surface area (Å²) in [4.78, 5) is 20.8. The third-order valence-corrected chi connectivity index (χ3v) is 4.55. The molecule has 1 atom stereocenters. The van der Waals surface area contributed by atoms with Gasteiger partial charge in [-0.3, -0.25) is 4.79 Å². The van der Waals surface area contributed by atoms with Gasteiger partial charge in [0.25, 0.3) is 0 Å². The fourth-order valence-electron chi connectivity index (χ4n) is 2.53. The molecule has 19 heavy (non-hydrogen) atoms. The summed E-state index contributed by atoms with van der Waals surface area (Å²) in [5.74, 6) is 0.271. The quantitative estimate of drug-likeness (QED) is 0.896. The topological polar surface area (TPSA) is 57.8 Å². The molecule has 2 N–H and O–H groups in total. The summed E-state index contributed by atoms with van der Waals surface area (Å²) in [6.07, 6.45) is 5.25. The first-order valence-electron chi connectivity index (χ1n) is 6.64. The van der Waals surface area contributed by atoms with Crippen LogP contribution >= 0.6 is 11.3 Å². The van der Waals surface area contributed by atoms with Gasteiger partial charge in [-0.1, -0.05) is 6.07 Å². The molecule has 0 bridgehead atoms. The lowest BCUT2D eigenvalue weighted by Gasteiger charge is -2.20. The Balaban J connectivity index is 1.49. The number of rotatable bonds is 4. The average Bonchev–Trinajstić information content (AvgIpc) is 3.08. The summed E-state index contributed by atoms with van der Waals surface area (Å²) in [6.45, 7) is 0.728. The van der Waals surface area contributed by atoms with Gasteiger partial charge in [0.2, 0.25) is 5.91 Å². The maximum Gasteiger partial charge on any atom is 0.223 e. The molecule has 0 spiro atoms. The second-order valence-electron chi connectivity index (χ2n) is 4.89. The van der Waals surface area contributed by atoms with E-state index in [9.17, 15) is 4.79 Å². The number of hydrogen-bond donors (Lipinski definition) is 2. The molecule has 100 valence electrons. The number of nitrogens with zero attached hydrogens (tertiary/aromatic N) is 1. The van der Waals surface area contributed by atoms with Crippen LogP contribution in [-0.2, 0) is 24.1 Å².